The molecule has 2 N–H and O–H groups in total. The molecule has 9 nitrogen and oxygen atoms in total. The van der Waals surface area contributed by atoms with E-state index in [9.17, 15) is 27.2 Å². The number of aromatic nitrogens is 3. The van der Waals surface area contributed by atoms with Gasteiger partial charge in [-0.3, -0.25) is 14.7 Å². The van der Waals surface area contributed by atoms with E-state index < -0.39 is 17.6 Å². The molecule has 2 amide bonds. The van der Waals surface area contributed by atoms with Gasteiger partial charge < -0.3 is 19.7 Å². The molecule has 1 saturated carbocycles. The van der Waals surface area contributed by atoms with E-state index in [-0.39, 0.29) is 85.3 Å². The van der Waals surface area contributed by atoms with Crippen LogP contribution >= 0.6 is 0 Å². The summed E-state index contributed by atoms with van der Waals surface area (Å²) in [7, 11) is 1.42. The van der Waals surface area contributed by atoms with Crippen LogP contribution in [0.3, 0.4) is 0 Å². The fourth-order valence-electron chi connectivity index (χ4n) is 6.50. The van der Waals surface area contributed by atoms with Gasteiger partial charge in [0.1, 0.15) is 0 Å². The maximum absolute atomic E-state index is 14.3. The van der Waals surface area contributed by atoms with Crippen molar-refractivity contribution in [3.63, 3.8) is 0 Å². The number of halogens is 4. The van der Waals surface area contributed by atoms with Crippen molar-refractivity contribution in [3.05, 3.63) is 29.8 Å². The Kier molecular flexibility index (Phi) is 7.77. The first-order valence-corrected chi connectivity index (χ1v) is 13.6. The molecule has 0 aromatic carbocycles. The normalized spacial score (nSPS) is 28.4. The van der Waals surface area contributed by atoms with Crippen molar-refractivity contribution < 1.29 is 36.6 Å². The van der Waals surface area contributed by atoms with Crippen molar-refractivity contribution in [2.75, 3.05) is 13.7 Å². The Labute approximate surface area is 229 Å². The molecule has 13 heteroatoms. The number of ether oxygens (including phenoxy) is 2. The van der Waals surface area contributed by atoms with E-state index in [2.05, 4.69) is 20.5 Å². The van der Waals surface area contributed by atoms with Gasteiger partial charge in [-0.25, -0.2) is 9.37 Å². The minimum Gasteiger partial charge on any atom is -0.481 e. The molecule has 2 aromatic rings. The van der Waals surface area contributed by atoms with Crippen molar-refractivity contribution in [1.82, 2.24) is 25.4 Å². The molecular formula is C27H33F4N5O4. The number of pyridine rings is 1. The lowest BCUT2D eigenvalue weighted by atomic mass is 9.81. The number of aromatic amines is 1. The van der Waals surface area contributed by atoms with E-state index in [1.54, 1.807) is 11.8 Å². The molecular weight excluding hydrogens is 534 g/mol. The molecule has 3 aliphatic rings. The largest absolute Gasteiger partial charge is 0.481 e. The summed E-state index contributed by atoms with van der Waals surface area (Å²) in [6.07, 6.45) is -0.957. The molecule has 3 fully saturated rings. The third kappa shape index (κ3) is 5.27. The highest BCUT2D eigenvalue weighted by molar-refractivity contribution is 5.94. The molecule has 1 aliphatic carbocycles. The quantitative estimate of drug-likeness (QED) is 0.480. The molecule has 0 radical (unpaired) electrons. The van der Waals surface area contributed by atoms with Crippen LogP contribution in [0.25, 0.3) is 11.3 Å². The third-order valence-electron chi connectivity index (χ3n) is 8.54. The second-order valence-corrected chi connectivity index (χ2v) is 10.8. The summed E-state index contributed by atoms with van der Waals surface area (Å²) in [6.45, 7) is 1.53. The fraction of sp³-hybridized carbons (Fsp3) is 0.630. The number of fused-ring (bicyclic) bond motifs is 2. The number of hydrogen-bond acceptors (Lipinski definition) is 6. The Bertz CT molecular complexity index is 1230. The minimum absolute atomic E-state index is 0.0223. The smallest absolute Gasteiger partial charge is 0.417 e. The highest BCUT2D eigenvalue weighted by Gasteiger charge is 2.57. The van der Waals surface area contributed by atoms with Crippen LogP contribution < -0.4 is 10.1 Å². The Balaban J connectivity index is 1.20. The van der Waals surface area contributed by atoms with Gasteiger partial charge in [0.2, 0.25) is 11.8 Å². The summed E-state index contributed by atoms with van der Waals surface area (Å²) in [5.74, 6) is -1.15. The zero-order valence-electron chi connectivity index (χ0n) is 22.4. The first-order chi connectivity index (χ1) is 19.0. The molecule has 218 valence electrons. The van der Waals surface area contributed by atoms with Gasteiger partial charge in [0.05, 0.1) is 19.0 Å². The number of nitrogens with zero attached hydrogens (tertiary/aromatic N) is 3. The van der Waals surface area contributed by atoms with Gasteiger partial charge in [-0.05, 0) is 64.4 Å². The van der Waals surface area contributed by atoms with E-state index >= 15 is 0 Å². The van der Waals surface area contributed by atoms with Gasteiger partial charge in [0, 0.05) is 42.3 Å². The van der Waals surface area contributed by atoms with Crippen LogP contribution in [0.4, 0.5) is 17.6 Å². The zero-order chi connectivity index (χ0) is 28.7. The maximum atomic E-state index is 14.3. The number of piperidine rings is 1. The van der Waals surface area contributed by atoms with Crippen molar-refractivity contribution in [3.8, 4) is 17.1 Å². The van der Waals surface area contributed by atoms with Gasteiger partial charge in [0.25, 0.3) is 5.91 Å². The summed E-state index contributed by atoms with van der Waals surface area (Å²) in [6, 6.07) is 2.27. The van der Waals surface area contributed by atoms with Gasteiger partial charge in [0.15, 0.2) is 17.1 Å². The Hall–Kier alpha value is -3.22. The van der Waals surface area contributed by atoms with Gasteiger partial charge >= 0.3 is 6.18 Å². The predicted octanol–water partition coefficient (Wildman–Crippen LogP) is 4.40. The number of hydrogen-bond donors (Lipinski definition) is 2. The molecule has 2 saturated heterocycles. The number of rotatable bonds is 7. The maximum Gasteiger partial charge on any atom is 0.417 e. The number of carbonyl (C=O) groups excluding carboxylic acids is 2. The standard InChI is InChI=1S/C27H33F4N5O4/c1-3-40-26(27(29,30)31)8-6-16(7-9-26)33-24(37)15-10-17-4-5-18(11-15)36(17)25(38)22-13-21(34-35-22)19-12-23(39-2)32-14-20(19)28/h12-18H,3-11H2,1-2H3,(H,33,37)(H,34,35)/t15-,16-,17-,18+,26-. The average molecular weight is 568 g/mol. The molecule has 40 heavy (non-hydrogen) atoms. The fourth-order valence-corrected chi connectivity index (χ4v) is 6.50. The molecule has 5 rings (SSSR count). The zero-order valence-corrected chi connectivity index (χ0v) is 22.4. The van der Waals surface area contributed by atoms with E-state index in [0.29, 0.717) is 18.5 Å². The Morgan fingerprint density at radius 3 is 2.42 bits per heavy atom. The SMILES string of the molecule is CCO[C@]1(C(F)(F)F)CC[C@@H](NC(=O)[C@@H]2C[C@H]3CC[C@@H](C2)N3C(=O)c2cc(-c3cc(OC)ncc3F)[nH]n2)CC1. The topological polar surface area (TPSA) is 109 Å². The van der Waals surface area contributed by atoms with Gasteiger partial charge in [-0.2, -0.15) is 18.3 Å². The van der Waals surface area contributed by atoms with Gasteiger partial charge in [-0.1, -0.05) is 0 Å². The van der Waals surface area contributed by atoms with E-state index in [1.807, 2.05) is 0 Å². The molecule has 2 aromatic heterocycles. The Morgan fingerprint density at radius 1 is 1.15 bits per heavy atom. The van der Waals surface area contributed by atoms with E-state index in [4.69, 9.17) is 9.47 Å². The second-order valence-electron chi connectivity index (χ2n) is 10.8. The molecule has 3 atom stereocenters. The number of methoxy groups -OCH3 is 1. The first kappa shape index (κ1) is 28.3. The van der Waals surface area contributed by atoms with Crippen LogP contribution in [0.2, 0.25) is 0 Å². The molecule has 0 unspecified atom stereocenters. The highest BCUT2D eigenvalue weighted by Crippen LogP contribution is 2.45. The average Bonchev–Trinajstić information content (AvgIpc) is 3.51. The summed E-state index contributed by atoms with van der Waals surface area (Å²) >= 11 is 0. The number of nitrogens with one attached hydrogen (secondary N) is 2. The second kappa shape index (κ2) is 11.0. The molecule has 2 bridgehead atoms. The van der Waals surface area contributed by atoms with Crippen molar-refractivity contribution in [2.24, 2.45) is 5.92 Å². The first-order valence-electron chi connectivity index (χ1n) is 13.6. The van der Waals surface area contributed by atoms with Crippen molar-refractivity contribution >= 4 is 11.8 Å². The van der Waals surface area contributed by atoms with Crippen LogP contribution in [-0.2, 0) is 9.53 Å². The number of alkyl halides is 3. The summed E-state index contributed by atoms with van der Waals surface area (Å²) in [4.78, 5) is 32.1. The van der Waals surface area contributed by atoms with E-state index in [1.165, 1.54) is 19.2 Å². The predicted molar refractivity (Wildman–Crippen MR) is 135 cm³/mol. The monoisotopic (exact) mass is 567 g/mol. The lowest BCUT2D eigenvalue weighted by Gasteiger charge is -2.42. The van der Waals surface area contributed by atoms with E-state index in [0.717, 1.165) is 19.0 Å². The van der Waals surface area contributed by atoms with Crippen LogP contribution in [0, 0.1) is 11.7 Å². The summed E-state index contributed by atoms with van der Waals surface area (Å²) < 4.78 is 65.5. The van der Waals surface area contributed by atoms with Crippen molar-refractivity contribution in [1.29, 1.82) is 0 Å². The molecule has 0 spiro atoms. The highest BCUT2D eigenvalue weighted by atomic mass is 19.4. The van der Waals surface area contributed by atoms with Gasteiger partial charge in [-0.15, -0.1) is 0 Å². The lowest BCUT2D eigenvalue weighted by molar-refractivity contribution is -0.287. The van der Waals surface area contributed by atoms with Crippen molar-refractivity contribution in [2.45, 2.75) is 88.2 Å². The third-order valence-corrected chi connectivity index (χ3v) is 8.54. The minimum atomic E-state index is -4.45. The van der Waals surface area contributed by atoms with Crippen LogP contribution in [0.1, 0.15) is 68.8 Å². The lowest BCUT2D eigenvalue weighted by Crippen LogP contribution is -2.54. The summed E-state index contributed by atoms with van der Waals surface area (Å²) in [5.41, 5.74) is -1.51. The number of amides is 2. The molecule has 2 aliphatic heterocycles. The number of carbonyl (C=O) groups is 2. The summed E-state index contributed by atoms with van der Waals surface area (Å²) in [5, 5.41) is 9.80. The number of H-pyrrole nitrogens is 1. The van der Waals surface area contributed by atoms with Crippen LogP contribution in [0.5, 0.6) is 5.88 Å². The molecule has 4 heterocycles. The van der Waals surface area contributed by atoms with Crippen LogP contribution in [-0.4, -0.2) is 75.5 Å². The van der Waals surface area contributed by atoms with Crippen LogP contribution in [0.15, 0.2) is 18.3 Å². The Morgan fingerprint density at radius 2 is 1.82 bits per heavy atom.